The average Bonchev–Trinajstić information content (AvgIpc) is 3.45. The number of carbonyl (C=O) groups is 1. The van der Waals surface area contributed by atoms with Crippen molar-refractivity contribution in [2.75, 3.05) is 33.3 Å². The van der Waals surface area contributed by atoms with Crippen LogP contribution in [0.3, 0.4) is 0 Å². The number of phenols is 1. The van der Waals surface area contributed by atoms with E-state index in [9.17, 15) is 9.90 Å². The second-order valence-corrected chi connectivity index (χ2v) is 16.6. The topological polar surface area (TPSA) is 88.3 Å². The van der Waals surface area contributed by atoms with Crippen LogP contribution in [0.4, 0.5) is 4.79 Å². The van der Waals surface area contributed by atoms with Gasteiger partial charge in [0.05, 0.1) is 12.3 Å². The third kappa shape index (κ3) is 10.7. The third-order valence-electron chi connectivity index (χ3n) is 8.85. The molecule has 8 heteroatoms. The number of carbonyl (C=O) groups excluding carboxylic acids is 1. The lowest BCUT2D eigenvalue weighted by Gasteiger charge is -2.34. The first kappa shape index (κ1) is 37.3. The van der Waals surface area contributed by atoms with Crippen LogP contribution in [0, 0.1) is 5.92 Å². The number of benzene rings is 2. The van der Waals surface area contributed by atoms with Crippen LogP contribution in [0.5, 0.6) is 11.5 Å². The first-order chi connectivity index (χ1) is 22.4. The van der Waals surface area contributed by atoms with E-state index in [4.69, 9.17) is 18.9 Å². The molecule has 1 amide bonds. The summed E-state index contributed by atoms with van der Waals surface area (Å²) >= 11 is 0. The fourth-order valence-electron chi connectivity index (χ4n) is 6.25. The normalized spacial score (nSPS) is 16.0. The lowest BCUT2D eigenvalue weighted by atomic mass is 9.78. The van der Waals surface area contributed by atoms with E-state index in [1.807, 2.05) is 49.9 Å². The number of ether oxygens (including phenoxy) is 2. The molecular weight excluding hydrogens is 602 g/mol. The fraction of sp³-hybridized carbons (Fsp3) is 0.600. The molecule has 1 aliphatic rings. The van der Waals surface area contributed by atoms with E-state index in [-0.39, 0.29) is 16.9 Å². The molecule has 0 saturated carbocycles. The van der Waals surface area contributed by atoms with Crippen molar-refractivity contribution in [1.29, 1.82) is 0 Å². The quantitative estimate of drug-likeness (QED) is 0.219. The number of piperidine rings is 1. The number of aromatic hydroxyl groups is 1. The Morgan fingerprint density at radius 1 is 1.02 bits per heavy atom. The van der Waals surface area contributed by atoms with Gasteiger partial charge in [0, 0.05) is 42.7 Å². The van der Waals surface area contributed by atoms with Gasteiger partial charge in [-0.1, -0.05) is 53.7 Å². The summed E-state index contributed by atoms with van der Waals surface area (Å²) in [5, 5.41) is 11.1. The molecule has 48 heavy (non-hydrogen) atoms. The van der Waals surface area contributed by atoms with Crippen LogP contribution in [0.1, 0.15) is 110 Å². The van der Waals surface area contributed by atoms with Gasteiger partial charge in [0.15, 0.2) is 0 Å². The summed E-state index contributed by atoms with van der Waals surface area (Å²) in [5.74, 6) is 2.27. The molecule has 1 unspecified atom stereocenters. The number of hydrogen-bond donors (Lipinski definition) is 1. The zero-order valence-electron chi connectivity index (χ0n) is 31.1. The van der Waals surface area contributed by atoms with Gasteiger partial charge in [0.2, 0.25) is 5.89 Å². The number of likely N-dealkylation sites (tertiary alicyclic amines) is 1. The summed E-state index contributed by atoms with van der Waals surface area (Å²) in [6.07, 6.45) is 6.59. The van der Waals surface area contributed by atoms with Gasteiger partial charge in [-0.05, 0) is 107 Å². The van der Waals surface area contributed by atoms with Gasteiger partial charge >= 0.3 is 6.09 Å². The van der Waals surface area contributed by atoms with Crippen LogP contribution in [-0.4, -0.2) is 64.9 Å². The maximum absolute atomic E-state index is 12.5. The molecule has 8 nitrogen and oxygen atoms in total. The second kappa shape index (κ2) is 15.4. The molecule has 2 heterocycles. The molecule has 1 saturated heterocycles. The zero-order chi connectivity index (χ0) is 35.3. The van der Waals surface area contributed by atoms with Gasteiger partial charge < -0.3 is 28.8 Å². The molecule has 1 aromatic heterocycles. The van der Waals surface area contributed by atoms with Gasteiger partial charge in [-0.15, -0.1) is 0 Å². The van der Waals surface area contributed by atoms with E-state index in [0.717, 1.165) is 73.6 Å². The van der Waals surface area contributed by atoms with E-state index in [1.54, 1.807) is 6.26 Å². The largest absolute Gasteiger partial charge is 0.507 e. The highest BCUT2D eigenvalue weighted by Crippen LogP contribution is 2.41. The molecule has 3 aromatic rings. The minimum atomic E-state index is -0.454. The SMILES string of the molecule is CN(CCCC1CCCN(C(=O)OC(C)(C)C)C1)Cc1ccc(OCCc2coc(-c3cc(C(C)(C)C)c(O)c(C(C)(C)C)c3)n2)cc1. The summed E-state index contributed by atoms with van der Waals surface area (Å²) in [4.78, 5) is 21.5. The predicted molar refractivity (Wildman–Crippen MR) is 193 cm³/mol. The molecule has 4 rings (SSSR count). The molecule has 1 atom stereocenters. The maximum Gasteiger partial charge on any atom is 0.410 e. The zero-order valence-corrected chi connectivity index (χ0v) is 31.1. The van der Waals surface area contributed by atoms with Crippen molar-refractivity contribution in [3.63, 3.8) is 0 Å². The molecule has 2 aromatic carbocycles. The lowest BCUT2D eigenvalue weighted by molar-refractivity contribution is 0.0159. The number of phenolic OH excluding ortho intramolecular Hbond substituents is 1. The Kier molecular flexibility index (Phi) is 11.9. The van der Waals surface area contributed by atoms with Crippen molar-refractivity contribution in [3.8, 4) is 23.0 Å². The van der Waals surface area contributed by atoms with Crippen molar-refractivity contribution >= 4 is 6.09 Å². The standard InChI is InChI=1S/C40H59N3O5/c1-38(2,3)33-23-30(24-34(35(33)44)39(4,5)6)36-41-31(27-47-36)19-22-46-32-17-15-29(16-18-32)25-42(10)20-11-13-28-14-12-21-43(26-28)37(45)48-40(7,8)9/h15-18,23-24,27-28,44H,11-14,19-22,25-26H2,1-10H3. The Morgan fingerprint density at radius 2 is 1.67 bits per heavy atom. The average molecular weight is 662 g/mol. The molecule has 264 valence electrons. The minimum Gasteiger partial charge on any atom is -0.507 e. The smallest absolute Gasteiger partial charge is 0.410 e. The van der Waals surface area contributed by atoms with E-state index in [0.29, 0.717) is 30.6 Å². The second-order valence-electron chi connectivity index (χ2n) is 16.6. The van der Waals surface area contributed by atoms with Gasteiger partial charge in [0.1, 0.15) is 23.4 Å². The molecule has 0 aliphatic carbocycles. The van der Waals surface area contributed by atoms with Crippen molar-refractivity contribution < 1.29 is 23.8 Å². The van der Waals surface area contributed by atoms with Gasteiger partial charge in [-0.25, -0.2) is 9.78 Å². The number of aromatic nitrogens is 1. The number of rotatable bonds is 11. The minimum absolute atomic E-state index is 0.181. The van der Waals surface area contributed by atoms with E-state index >= 15 is 0 Å². The van der Waals surface area contributed by atoms with Crippen molar-refractivity contribution in [2.24, 2.45) is 5.92 Å². The fourth-order valence-corrected chi connectivity index (χ4v) is 6.25. The molecule has 1 fully saturated rings. The molecule has 1 aliphatic heterocycles. The molecule has 0 spiro atoms. The van der Waals surface area contributed by atoms with E-state index < -0.39 is 5.60 Å². The highest BCUT2D eigenvalue weighted by Gasteiger charge is 2.29. The van der Waals surface area contributed by atoms with E-state index in [1.165, 1.54) is 12.0 Å². The first-order valence-electron chi connectivity index (χ1n) is 17.6. The highest BCUT2D eigenvalue weighted by molar-refractivity contribution is 5.68. The number of nitrogens with zero attached hydrogens (tertiary/aromatic N) is 3. The van der Waals surface area contributed by atoms with Crippen LogP contribution in [0.15, 0.2) is 47.1 Å². The summed E-state index contributed by atoms with van der Waals surface area (Å²) in [7, 11) is 2.16. The maximum atomic E-state index is 12.5. The highest BCUT2D eigenvalue weighted by atomic mass is 16.6. The van der Waals surface area contributed by atoms with Gasteiger partial charge in [-0.3, -0.25) is 0 Å². The Morgan fingerprint density at radius 3 is 2.27 bits per heavy atom. The summed E-state index contributed by atoms with van der Waals surface area (Å²) < 4.78 is 17.5. The van der Waals surface area contributed by atoms with Gasteiger partial charge in [0.25, 0.3) is 0 Å². The third-order valence-corrected chi connectivity index (χ3v) is 8.85. The van der Waals surface area contributed by atoms with Crippen molar-refractivity contribution in [2.45, 2.75) is 117 Å². The Bertz CT molecular complexity index is 1460. The number of oxazole rings is 1. The predicted octanol–water partition coefficient (Wildman–Crippen LogP) is 9.12. The summed E-state index contributed by atoms with van der Waals surface area (Å²) in [6.45, 7) is 22.3. The Balaban J connectivity index is 1.22. The first-order valence-corrected chi connectivity index (χ1v) is 17.6. The monoisotopic (exact) mass is 661 g/mol. The van der Waals surface area contributed by atoms with Crippen LogP contribution in [-0.2, 0) is 28.5 Å². The van der Waals surface area contributed by atoms with Crippen molar-refractivity contribution in [3.05, 3.63) is 65.0 Å². The molecule has 0 bridgehead atoms. The molecular formula is C40H59N3O5. The van der Waals surface area contributed by atoms with Crippen LogP contribution < -0.4 is 4.74 Å². The molecule has 0 radical (unpaired) electrons. The summed E-state index contributed by atoms with van der Waals surface area (Å²) in [5.41, 5.74) is 3.81. The van der Waals surface area contributed by atoms with Crippen molar-refractivity contribution in [1.82, 2.24) is 14.8 Å². The van der Waals surface area contributed by atoms with Crippen LogP contribution >= 0.6 is 0 Å². The number of amides is 1. The van der Waals surface area contributed by atoms with E-state index in [2.05, 4.69) is 65.6 Å². The Labute approximate surface area is 288 Å². The molecule has 1 N–H and O–H groups in total. The van der Waals surface area contributed by atoms with Gasteiger partial charge in [-0.2, -0.15) is 0 Å². The van der Waals surface area contributed by atoms with Crippen LogP contribution in [0.25, 0.3) is 11.5 Å². The summed E-state index contributed by atoms with van der Waals surface area (Å²) in [6, 6.07) is 12.3. The Hall–Kier alpha value is -3.52. The lowest BCUT2D eigenvalue weighted by Crippen LogP contribution is -2.43. The number of hydrogen-bond acceptors (Lipinski definition) is 7. The van der Waals surface area contributed by atoms with Crippen LogP contribution in [0.2, 0.25) is 0 Å².